The first-order valence-corrected chi connectivity index (χ1v) is 6.93. The Morgan fingerprint density at radius 1 is 1.21 bits per heavy atom. The molecule has 0 saturated carbocycles. The van der Waals surface area contributed by atoms with E-state index in [2.05, 4.69) is 51.1 Å². The Morgan fingerprint density at radius 2 is 2.00 bits per heavy atom. The molecular formula is C14H17BrN4. The van der Waals surface area contributed by atoms with Gasteiger partial charge in [0, 0.05) is 29.3 Å². The molecule has 4 nitrogen and oxygen atoms in total. The highest BCUT2D eigenvalue weighted by Crippen LogP contribution is 2.25. The molecule has 2 aromatic rings. The number of benzene rings is 1. The van der Waals surface area contributed by atoms with Gasteiger partial charge in [0.2, 0.25) is 0 Å². The van der Waals surface area contributed by atoms with Gasteiger partial charge >= 0.3 is 0 Å². The predicted molar refractivity (Wildman–Crippen MR) is 83.0 cm³/mol. The molecule has 2 rings (SSSR count). The van der Waals surface area contributed by atoms with Crippen LogP contribution in [0.1, 0.15) is 13.8 Å². The van der Waals surface area contributed by atoms with Crippen LogP contribution in [0.3, 0.4) is 0 Å². The van der Waals surface area contributed by atoms with Crippen molar-refractivity contribution in [2.24, 2.45) is 0 Å². The maximum Gasteiger partial charge on any atom is 0.138 e. The van der Waals surface area contributed by atoms with Crippen molar-refractivity contribution in [3.63, 3.8) is 0 Å². The summed E-state index contributed by atoms with van der Waals surface area (Å²) in [6, 6.07) is 10.4. The van der Waals surface area contributed by atoms with Crippen molar-refractivity contribution in [3.8, 4) is 0 Å². The van der Waals surface area contributed by atoms with Crippen LogP contribution in [-0.2, 0) is 0 Å². The molecule has 0 fully saturated rings. The molecule has 1 aromatic carbocycles. The molecule has 0 aliphatic carbocycles. The third-order valence-electron chi connectivity index (χ3n) is 2.63. The number of hydrogen-bond acceptors (Lipinski definition) is 4. The Labute approximate surface area is 122 Å². The van der Waals surface area contributed by atoms with Gasteiger partial charge in [-0.05, 0) is 32.0 Å². The molecule has 0 unspecified atom stereocenters. The lowest BCUT2D eigenvalue weighted by molar-refractivity contribution is 0.885. The second kappa shape index (κ2) is 6.02. The molecule has 5 heteroatoms. The van der Waals surface area contributed by atoms with Gasteiger partial charge in [0.05, 0.1) is 0 Å². The molecule has 1 N–H and O–H groups in total. The van der Waals surface area contributed by atoms with Crippen molar-refractivity contribution in [2.45, 2.75) is 19.9 Å². The zero-order chi connectivity index (χ0) is 13.8. The topological polar surface area (TPSA) is 41.0 Å². The summed E-state index contributed by atoms with van der Waals surface area (Å²) in [7, 11) is 1.99. The summed E-state index contributed by atoms with van der Waals surface area (Å²) in [6.45, 7) is 4.17. The second-order valence-corrected chi connectivity index (χ2v) is 5.52. The smallest absolute Gasteiger partial charge is 0.138 e. The van der Waals surface area contributed by atoms with E-state index in [4.69, 9.17) is 0 Å². The first kappa shape index (κ1) is 13.8. The van der Waals surface area contributed by atoms with Crippen LogP contribution >= 0.6 is 15.9 Å². The van der Waals surface area contributed by atoms with Crippen LogP contribution in [-0.4, -0.2) is 23.1 Å². The highest BCUT2D eigenvalue weighted by Gasteiger charge is 2.07. The van der Waals surface area contributed by atoms with E-state index in [1.807, 2.05) is 36.2 Å². The summed E-state index contributed by atoms with van der Waals surface area (Å²) in [6.07, 6.45) is 1.58. The minimum atomic E-state index is 0.346. The monoisotopic (exact) mass is 320 g/mol. The van der Waals surface area contributed by atoms with Crippen molar-refractivity contribution in [1.82, 2.24) is 9.97 Å². The average molecular weight is 321 g/mol. The Bertz CT molecular complexity index is 557. The van der Waals surface area contributed by atoms with E-state index in [0.717, 1.165) is 21.8 Å². The summed E-state index contributed by atoms with van der Waals surface area (Å²) in [5.41, 5.74) is 1.07. The van der Waals surface area contributed by atoms with Gasteiger partial charge in [0.1, 0.15) is 18.0 Å². The van der Waals surface area contributed by atoms with Gasteiger partial charge in [-0.15, -0.1) is 0 Å². The minimum absolute atomic E-state index is 0.346. The molecule has 0 spiro atoms. The quantitative estimate of drug-likeness (QED) is 0.929. The standard InChI is InChI=1S/C14H17BrN4/c1-10(2)18-13-8-14(17-9-16-13)19(3)12-6-4-5-11(15)7-12/h4-10H,1-3H3,(H,16,17,18). The average Bonchev–Trinajstić information content (AvgIpc) is 2.37. The van der Waals surface area contributed by atoms with Crippen LogP contribution in [0.5, 0.6) is 0 Å². The lowest BCUT2D eigenvalue weighted by Crippen LogP contribution is -2.14. The number of nitrogens with one attached hydrogen (secondary N) is 1. The first-order valence-electron chi connectivity index (χ1n) is 6.14. The highest BCUT2D eigenvalue weighted by atomic mass is 79.9. The summed E-state index contributed by atoms with van der Waals surface area (Å²) in [4.78, 5) is 10.6. The lowest BCUT2D eigenvalue weighted by atomic mass is 10.3. The molecule has 0 atom stereocenters. The van der Waals surface area contributed by atoms with E-state index in [-0.39, 0.29) is 0 Å². The highest BCUT2D eigenvalue weighted by molar-refractivity contribution is 9.10. The van der Waals surface area contributed by atoms with Gasteiger partial charge < -0.3 is 10.2 Å². The van der Waals surface area contributed by atoms with Gasteiger partial charge in [-0.25, -0.2) is 9.97 Å². The van der Waals surface area contributed by atoms with Gasteiger partial charge in [-0.2, -0.15) is 0 Å². The fourth-order valence-corrected chi connectivity index (χ4v) is 2.11. The Morgan fingerprint density at radius 3 is 2.68 bits per heavy atom. The molecule has 0 amide bonds. The maximum atomic E-state index is 4.31. The molecule has 0 aliphatic rings. The van der Waals surface area contributed by atoms with E-state index in [9.17, 15) is 0 Å². The number of anilines is 3. The van der Waals surface area contributed by atoms with E-state index < -0.39 is 0 Å². The normalized spacial score (nSPS) is 10.6. The molecule has 0 saturated heterocycles. The summed E-state index contributed by atoms with van der Waals surface area (Å²) in [5.74, 6) is 1.69. The largest absolute Gasteiger partial charge is 0.368 e. The number of nitrogens with zero attached hydrogens (tertiary/aromatic N) is 3. The molecular weight excluding hydrogens is 304 g/mol. The minimum Gasteiger partial charge on any atom is -0.368 e. The van der Waals surface area contributed by atoms with Crippen LogP contribution < -0.4 is 10.2 Å². The van der Waals surface area contributed by atoms with Crippen LogP contribution in [0.4, 0.5) is 17.3 Å². The number of hydrogen-bond donors (Lipinski definition) is 1. The molecule has 100 valence electrons. The van der Waals surface area contributed by atoms with E-state index >= 15 is 0 Å². The van der Waals surface area contributed by atoms with Crippen LogP contribution in [0, 0.1) is 0 Å². The maximum absolute atomic E-state index is 4.31. The van der Waals surface area contributed by atoms with Crippen LogP contribution in [0.2, 0.25) is 0 Å². The molecule has 1 aromatic heterocycles. The Kier molecular flexibility index (Phi) is 4.37. The third-order valence-corrected chi connectivity index (χ3v) is 3.12. The van der Waals surface area contributed by atoms with Gasteiger partial charge in [-0.1, -0.05) is 22.0 Å². The zero-order valence-corrected chi connectivity index (χ0v) is 12.8. The lowest BCUT2D eigenvalue weighted by Gasteiger charge is -2.19. The SMILES string of the molecule is CC(C)Nc1cc(N(C)c2cccc(Br)c2)ncn1. The summed E-state index contributed by atoms with van der Waals surface area (Å²) in [5, 5.41) is 3.28. The van der Waals surface area contributed by atoms with Gasteiger partial charge in [-0.3, -0.25) is 0 Å². The van der Waals surface area contributed by atoms with E-state index in [1.165, 1.54) is 0 Å². The number of rotatable bonds is 4. The zero-order valence-electron chi connectivity index (χ0n) is 11.3. The van der Waals surface area contributed by atoms with Gasteiger partial charge in [0.25, 0.3) is 0 Å². The van der Waals surface area contributed by atoms with Crippen molar-refractivity contribution in [3.05, 3.63) is 41.1 Å². The molecule has 0 bridgehead atoms. The van der Waals surface area contributed by atoms with E-state index in [0.29, 0.717) is 6.04 Å². The predicted octanol–water partition coefficient (Wildman–Crippen LogP) is 3.83. The van der Waals surface area contributed by atoms with Crippen molar-refractivity contribution < 1.29 is 0 Å². The number of halogens is 1. The fourth-order valence-electron chi connectivity index (χ4n) is 1.72. The summed E-state index contributed by atoms with van der Waals surface area (Å²) >= 11 is 3.48. The molecule has 1 heterocycles. The number of aromatic nitrogens is 2. The van der Waals surface area contributed by atoms with Gasteiger partial charge in [0.15, 0.2) is 0 Å². The van der Waals surface area contributed by atoms with Crippen molar-refractivity contribution >= 4 is 33.3 Å². The van der Waals surface area contributed by atoms with Crippen molar-refractivity contribution in [2.75, 3.05) is 17.3 Å². The second-order valence-electron chi connectivity index (χ2n) is 4.60. The Hall–Kier alpha value is -1.62. The summed E-state index contributed by atoms with van der Waals surface area (Å²) < 4.78 is 1.05. The molecule has 19 heavy (non-hydrogen) atoms. The first-order chi connectivity index (χ1) is 9.06. The molecule has 0 aliphatic heterocycles. The Balaban J connectivity index is 2.26. The van der Waals surface area contributed by atoms with Crippen molar-refractivity contribution in [1.29, 1.82) is 0 Å². The fraction of sp³-hybridized carbons (Fsp3) is 0.286. The van der Waals surface area contributed by atoms with E-state index in [1.54, 1.807) is 6.33 Å². The van der Waals surface area contributed by atoms with Crippen LogP contribution in [0.15, 0.2) is 41.1 Å². The van der Waals surface area contributed by atoms with Crippen LogP contribution in [0.25, 0.3) is 0 Å². The molecule has 0 radical (unpaired) electrons. The third kappa shape index (κ3) is 3.67.